The van der Waals surface area contributed by atoms with E-state index in [4.69, 9.17) is 9.47 Å². The van der Waals surface area contributed by atoms with Gasteiger partial charge in [-0.25, -0.2) is 0 Å². The van der Waals surface area contributed by atoms with Gasteiger partial charge in [0.1, 0.15) is 0 Å². The Morgan fingerprint density at radius 1 is 1.00 bits per heavy atom. The van der Waals surface area contributed by atoms with Gasteiger partial charge in [0.25, 0.3) is 11.8 Å². The molecule has 0 saturated carbocycles. The van der Waals surface area contributed by atoms with E-state index in [1.54, 1.807) is 30.3 Å². The average molecular weight is 451 g/mol. The highest BCUT2D eigenvalue weighted by atomic mass is 32.1. The fourth-order valence-corrected chi connectivity index (χ4v) is 4.41. The molecule has 166 valence electrons. The number of carbonyl (C=O) groups is 2. The molecule has 1 aromatic heterocycles. The standard InChI is InChI=1S/C25H26N2O4S/c1-3-30-21-14-17-10-11-27(16-19(17)15-22(21)31-4-2)25(29)18-7-5-8-20(13-18)26-24(28)23-9-6-12-32-23/h5-9,12-15H,3-4,10-11,16H2,1-2H3,(H,26,28). The van der Waals surface area contributed by atoms with Crippen molar-refractivity contribution < 1.29 is 19.1 Å². The quantitative estimate of drug-likeness (QED) is 0.550. The van der Waals surface area contributed by atoms with Crippen molar-refractivity contribution in [1.82, 2.24) is 4.90 Å². The SMILES string of the molecule is CCOc1cc2c(cc1OCC)CN(C(=O)c1cccc(NC(=O)c3cccs3)c1)CC2. The Bertz CT molecular complexity index is 1110. The maximum atomic E-state index is 13.2. The lowest BCUT2D eigenvalue weighted by atomic mass is 9.98. The van der Waals surface area contributed by atoms with Crippen LogP contribution in [0.5, 0.6) is 11.5 Å². The van der Waals surface area contributed by atoms with E-state index < -0.39 is 0 Å². The smallest absolute Gasteiger partial charge is 0.265 e. The Morgan fingerprint density at radius 2 is 1.75 bits per heavy atom. The molecule has 1 N–H and O–H groups in total. The molecular weight excluding hydrogens is 424 g/mol. The average Bonchev–Trinajstić information content (AvgIpc) is 3.34. The first-order valence-corrected chi connectivity index (χ1v) is 11.6. The van der Waals surface area contributed by atoms with Crippen molar-refractivity contribution in [2.45, 2.75) is 26.8 Å². The van der Waals surface area contributed by atoms with Crippen LogP contribution in [0.15, 0.2) is 53.9 Å². The summed E-state index contributed by atoms with van der Waals surface area (Å²) in [5.74, 6) is 1.22. The van der Waals surface area contributed by atoms with Gasteiger partial charge in [-0.05, 0) is 73.2 Å². The van der Waals surface area contributed by atoms with Gasteiger partial charge >= 0.3 is 0 Å². The summed E-state index contributed by atoms with van der Waals surface area (Å²) in [6.07, 6.45) is 0.752. The molecule has 0 unspecified atom stereocenters. The number of fused-ring (bicyclic) bond motifs is 1. The number of nitrogens with zero attached hydrogens (tertiary/aromatic N) is 1. The van der Waals surface area contributed by atoms with E-state index in [1.165, 1.54) is 16.9 Å². The van der Waals surface area contributed by atoms with E-state index in [-0.39, 0.29) is 11.8 Å². The highest BCUT2D eigenvalue weighted by Gasteiger charge is 2.24. The zero-order valence-electron chi connectivity index (χ0n) is 18.2. The highest BCUT2D eigenvalue weighted by Crippen LogP contribution is 2.34. The van der Waals surface area contributed by atoms with Crippen LogP contribution < -0.4 is 14.8 Å². The van der Waals surface area contributed by atoms with Crippen LogP contribution >= 0.6 is 11.3 Å². The van der Waals surface area contributed by atoms with Crippen molar-refractivity contribution in [3.63, 3.8) is 0 Å². The van der Waals surface area contributed by atoms with Gasteiger partial charge in [-0.3, -0.25) is 9.59 Å². The second-order valence-electron chi connectivity index (χ2n) is 7.42. The van der Waals surface area contributed by atoms with Gasteiger partial charge in [0, 0.05) is 24.3 Å². The van der Waals surface area contributed by atoms with Gasteiger partial charge < -0.3 is 19.7 Å². The number of hydrogen-bond acceptors (Lipinski definition) is 5. The number of thiophene rings is 1. The lowest BCUT2D eigenvalue weighted by Gasteiger charge is -2.30. The minimum Gasteiger partial charge on any atom is -0.490 e. The van der Waals surface area contributed by atoms with E-state index >= 15 is 0 Å². The predicted molar refractivity (Wildman–Crippen MR) is 126 cm³/mol. The topological polar surface area (TPSA) is 67.9 Å². The molecule has 6 nitrogen and oxygen atoms in total. The number of hydrogen-bond donors (Lipinski definition) is 1. The Balaban J connectivity index is 1.50. The molecule has 1 aliphatic heterocycles. The van der Waals surface area contributed by atoms with Crippen molar-refractivity contribution in [1.29, 1.82) is 0 Å². The molecule has 0 radical (unpaired) electrons. The summed E-state index contributed by atoms with van der Waals surface area (Å²) in [4.78, 5) is 28.0. The van der Waals surface area contributed by atoms with Gasteiger partial charge in [0.15, 0.2) is 11.5 Å². The first kappa shape index (κ1) is 21.9. The van der Waals surface area contributed by atoms with Gasteiger partial charge in [0.05, 0.1) is 18.1 Å². The van der Waals surface area contributed by atoms with Gasteiger partial charge in [-0.1, -0.05) is 12.1 Å². The molecule has 0 fully saturated rings. The van der Waals surface area contributed by atoms with Crippen LogP contribution in [-0.4, -0.2) is 36.5 Å². The third-order valence-electron chi connectivity index (χ3n) is 5.28. The van der Waals surface area contributed by atoms with E-state index in [1.807, 2.05) is 42.3 Å². The Kier molecular flexibility index (Phi) is 6.75. The van der Waals surface area contributed by atoms with Crippen LogP contribution in [-0.2, 0) is 13.0 Å². The minimum absolute atomic E-state index is 0.0604. The number of anilines is 1. The maximum absolute atomic E-state index is 13.2. The minimum atomic E-state index is -0.176. The molecule has 0 atom stereocenters. The molecule has 7 heteroatoms. The fourth-order valence-electron chi connectivity index (χ4n) is 3.79. The molecule has 4 rings (SSSR count). The summed E-state index contributed by atoms with van der Waals surface area (Å²) in [7, 11) is 0. The number of ether oxygens (including phenoxy) is 2. The molecule has 0 spiro atoms. The van der Waals surface area contributed by atoms with Crippen molar-refractivity contribution >= 4 is 28.8 Å². The molecule has 2 heterocycles. The molecule has 0 bridgehead atoms. The fraction of sp³-hybridized carbons (Fsp3) is 0.280. The first-order chi connectivity index (χ1) is 15.6. The van der Waals surface area contributed by atoms with Crippen LogP contribution in [0.4, 0.5) is 5.69 Å². The summed E-state index contributed by atoms with van der Waals surface area (Å²) < 4.78 is 11.5. The highest BCUT2D eigenvalue weighted by molar-refractivity contribution is 7.12. The van der Waals surface area contributed by atoms with Gasteiger partial charge in [0.2, 0.25) is 0 Å². The van der Waals surface area contributed by atoms with Crippen molar-refractivity contribution in [2.24, 2.45) is 0 Å². The zero-order valence-corrected chi connectivity index (χ0v) is 19.0. The summed E-state index contributed by atoms with van der Waals surface area (Å²) in [6.45, 7) is 6.14. The second-order valence-corrected chi connectivity index (χ2v) is 8.37. The number of nitrogens with one attached hydrogen (secondary N) is 1. The second kappa shape index (κ2) is 9.87. The lowest BCUT2D eigenvalue weighted by Crippen LogP contribution is -2.36. The molecule has 2 amide bonds. The molecule has 2 aromatic carbocycles. The Morgan fingerprint density at radius 3 is 2.44 bits per heavy atom. The third-order valence-corrected chi connectivity index (χ3v) is 6.15. The maximum Gasteiger partial charge on any atom is 0.265 e. The van der Waals surface area contributed by atoms with E-state index in [0.717, 1.165) is 17.7 Å². The van der Waals surface area contributed by atoms with Crippen LogP contribution in [0, 0.1) is 0 Å². The van der Waals surface area contributed by atoms with E-state index in [0.29, 0.717) is 48.2 Å². The predicted octanol–water partition coefficient (Wildman–Crippen LogP) is 5.00. The molecule has 0 saturated heterocycles. The van der Waals surface area contributed by atoms with Gasteiger partial charge in [-0.2, -0.15) is 0 Å². The largest absolute Gasteiger partial charge is 0.490 e. The van der Waals surface area contributed by atoms with Crippen LogP contribution in [0.25, 0.3) is 0 Å². The summed E-state index contributed by atoms with van der Waals surface area (Å²) in [5, 5.41) is 4.73. The first-order valence-electron chi connectivity index (χ1n) is 10.7. The normalized spacial score (nSPS) is 12.8. The number of benzene rings is 2. The monoisotopic (exact) mass is 450 g/mol. The van der Waals surface area contributed by atoms with Crippen LogP contribution in [0.2, 0.25) is 0 Å². The van der Waals surface area contributed by atoms with Crippen LogP contribution in [0.1, 0.15) is 45.0 Å². The summed E-state index contributed by atoms with van der Waals surface area (Å²) in [5.41, 5.74) is 3.40. The van der Waals surface area contributed by atoms with Crippen LogP contribution in [0.3, 0.4) is 0 Å². The molecule has 0 aliphatic carbocycles. The van der Waals surface area contributed by atoms with E-state index in [9.17, 15) is 9.59 Å². The Hall–Kier alpha value is -3.32. The molecular formula is C25H26N2O4S. The van der Waals surface area contributed by atoms with Crippen molar-refractivity contribution in [3.05, 3.63) is 75.5 Å². The lowest BCUT2D eigenvalue weighted by molar-refractivity contribution is 0.0734. The molecule has 3 aromatic rings. The number of amides is 2. The number of carbonyl (C=O) groups excluding carboxylic acids is 2. The Labute approximate surface area is 191 Å². The van der Waals surface area contributed by atoms with Gasteiger partial charge in [-0.15, -0.1) is 11.3 Å². The van der Waals surface area contributed by atoms with Crippen molar-refractivity contribution in [2.75, 3.05) is 25.1 Å². The molecule has 1 aliphatic rings. The van der Waals surface area contributed by atoms with E-state index in [2.05, 4.69) is 5.32 Å². The zero-order chi connectivity index (χ0) is 22.5. The molecule has 32 heavy (non-hydrogen) atoms. The summed E-state index contributed by atoms with van der Waals surface area (Å²) >= 11 is 1.38. The third kappa shape index (κ3) is 4.78. The summed E-state index contributed by atoms with van der Waals surface area (Å²) in [6, 6.07) is 14.7. The number of rotatable bonds is 7. The van der Waals surface area contributed by atoms with Crippen molar-refractivity contribution in [3.8, 4) is 11.5 Å².